The summed E-state index contributed by atoms with van der Waals surface area (Å²) in [6.45, 7) is 7.51. The predicted octanol–water partition coefficient (Wildman–Crippen LogP) is 3.21. The van der Waals surface area contributed by atoms with Crippen LogP contribution in [0.4, 0.5) is 5.82 Å². The van der Waals surface area contributed by atoms with Crippen LogP contribution >= 0.6 is 0 Å². The van der Waals surface area contributed by atoms with Crippen molar-refractivity contribution in [2.45, 2.75) is 39.3 Å². The summed E-state index contributed by atoms with van der Waals surface area (Å²) in [5.41, 5.74) is 5.50. The Bertz CT molecular complexity index is 993. The molecular formula is C23H29N7. The van der Waals surface area contributed by atoms with Crippen LogP contribution in [0.1, 0.15) is 29.7 Å². The molecule has 0 bridgehead atoms. The number of nitrogens with one attached hydrogen (secondary N) is 1. The Morgan fingerprint density at radius 3 is 2.47 bits per heavy atom. The zero-order chi connectivity index (χ0) is 20.7. The number of hydrogen-bond acceptors (Lipinski definition) is 6. The van der Waals surface area contributed by atoms with Gasteiger partial charge in [0.2, 0.25) is 0 Å². The zero-order valence-electron chi connectivity index (χ0n) is 17.9. The number of aryl methyl sites for hydroxylation is 3. The van der Waals surface area contributed by atoms with Gasteiger partial charge >= 0.3 is 0 Å². The van der Waals surface area contributed by atoms with Crippen molar-refractivity contribution in [3.8, 4) is 11.4 Å². The van der Waals surface area contributed by atoms with Gasteiger partial charge in [0, 0.05) is 38.9 Å². The molecule has 156 valence electrons. The maximum Gasteiger partial charge on any atom is 0.148 e. The van der Waals surface area contributed by atoms with Gasteiger partial charge in [-0.1, -0.05) is 6.07 Å². The summed E-state index contributed by atoms with van der Waals surface area (Å²) in [6.07, 6.45) is 6.17. The lowest BCUT2D eigenvalue weighted by molar-refractivity contribution is 0.297. The van der Waals surface area contributed by atoms with E-state index >= 15 is 0 Å². The summed E-state index contributed by atoms with van der Waals surface area (Å²) in [4.78, 5) is 7.14. The molecule has 3 aromatic rings. The first kappa shape index (κ1) is 19.2. The van der Waals surface area contributed by atoms with Gasteiger partial charge in [0.25, 0.3) is 0 Å². The fourth-order valence-corrected chi connectivity index (χ4v) is 5.20. The Hall–Kier alpha value is -2.80. The van der Waals surface area contributed by atoms with Crippen molar-refractivity contribution < 1.29 is 0 Å². The minimum absolute atomic E-state index is 0.484. The van der Waals surface area contributed by atoms with Crippen LogP contribution in [0, 0.1) is 25.7 Å². The van der Waals surface area contributed by atoms with E-state index < -0.39 is 0 Å². The Morgan fingerprint density at radius 2 is 1.83 bits per heavy atom. The van der Waals surface area contributed by atoms with Crippen molar-refractivity contribution in [3.05, 3.63) is 53.5 Å². The van der Waals surface area contributed by atoms with Crippen molar-refractivity contribution in [1.82, 2.24) is 29.9 Å². The lowest BCUT2D eigenvalue weighted by atomic mass is 10.0. The largest absolute Gasteiger partial charge is 0.366 e. The van der Waals surface area contributed by atoms with E-state index in [2.05, 4.69) is 43.5 Å². The first-order valence-corrected chi connectivity index (χ1v) is 10.8. The topological polar surface area (TPSA) is 71.8 Å². The quantitative estimate of drug-likeness (QED) is 0.705. The summed E-state index contributed by atoms with van der Waals surface area (Å²) < 4.78 is 1.85. The first-order valence-electron chi connectivity index (χ1n) is 10.8. The maximum atomic E-state index is 4.57. The van der Waals surface area contributed by atoms with E-state index in [0.717, 1.165) is 41.1 Å². The molecule has 0 radical (unpaired) electrons. The standard InChI is InChI=1S/C23H29N7/c1-15-5-4-8-24-21(15)14-30-12-17-9-19(10-18(17)13-30)26-22-7-6-20(27-28-22)23-16(2)11-25-29(23)3/h4-8,11,17-19H,9-10,12-14H2,1-3H3,(H,26,28). The Morgan fingerprint density at radius 1 is 1.03 bits per heavy atom. The molecule has 3 aromatic heterocycles. The van der Waals surface area contributed by atoms with E-state index in [1.807, 2.05) is 49.2 Å². The summed E-state index contributed by atoms with van der Waals surface area (Å²) in [5.74, 6) is 2.39. The lowest BCUT2D eigenvalue weighted by Gasteiger charge is -2.20. The number of likely N-dealkylation sites (tertiary alicyclic amines) is 1. The van der Waals surface area contributed by atoms with Gasteiger partial charge in [0.1, 0.15) is 11.5 Å². The minimum Gasteiger partial charge on any atom is -0.366 e. The molecule has 2 fully saturated rings. The van der Waals surface area contributed by atoms with Crippen LogP contribution in [-0.4, -0.2) is 49.0 Å². The van der Waals surface area contributed by atoms with E-state index in [1.54, 1.807) is 0 Å². The number of fused-ring (bicyclic) bond motifs is 1. The van der Waals surface area contributed by atoms with E-state index in [1.165, 1.54) is 37.2 Å². The van der Waals surface area contributed by atoms with Gasteiger partial charge in [-0.15, -0.1) is 10.2 Å². The second kappa shape index (κ2) is 7.80. The molecule has 2 atom stereocenters. The molecule has 2 aliphatic rings. The third-order valence-electron chi connectivity index (χ3n) is 6.70. The van der Waals surface area contributed by atoms with E-state index in [9.17, 15) is 0 Å². The Kier molecular flexibility index (Phi) is 4.98. The summed E-state index contributed by atoms with van der Waals surface area (Å²) >= 11 is 0. The van der Waals surface area contributed by atoms with Crippen LogP contribution < -0.4 is 5.32 Å². The average Bonchev–Trinajstić information content (AvgIpc) is 3.37. The molecule has 2 unspecified atom stereocenters. The number of anilines is 1. The van der Waals surface area contributed by atoms with Crippen molar-refractivity contribution in [3.63, 3.8) is 0 Å². The number of nitrogens with zero attached hydrogens (tertiary/aromatic N) is 6. The van der Waals surface area contributed by atoms with Crippen LogP contribution in [0.15, 0.2) is 36.7 Å². The third kappa shape index (κ3) is 3.69. The molecule has 1 aliphatic heterocycles. The van der Waals surface area contributed by atoms with Crippen molar-refractivity contribution >= 4 is 5.82 Å². The number of aromatic nitrogens is 5. The monoisotopic (exact) mass is 403 g/mol. The molecule has 30 heavy (non-hydrogen) atoms. The number of hydrogen-bond donors (Lipinski definition) is 1. The van der Waals surface area contributed by atoms with Gasteiger partial charge in [-0.25, -0.2) is 0 Å². The zero-order valence-corrected chi connectivity index (χ0v) is 17.9. The molecule has 7 heteroatoms. The first-order chi connectivity index (χ1) is 14.6. The Balaban J connectivity index is 1.17. The summed E-state index contributed by atoms with van der Waals surface area (Å²) in [7, 11) is 1.94. The SMILES string of the molecule is Cc1cccnc1CN1CC2CC(Nc3ccc(-c4c(C)cnn4C)nn3)CC2C1. The molecule has 0 amide bonds. The minimum atomic E-state index is 0.484. The van der Waals surface area contributed by atoms with Crippen molar-refractivity contribution in [1.29, 1.82) is 0 Å². The van der Waals surface area contributed by atoms with Crippen LogP contribution in [0.25, 0.3) is 11.4 Å². The van der Waals surface area contributed by atoms with Crippen LogP contribution in [0.5, 0.6) is 0 Å². The number of rotatable bonds is 5. The molecule has 7 nitrogen and oxygen atoms in total. The molecule has 5 rings (SSSR count). The van der Waals surface area contributed by atoms with Crippen LogP contribution in [-0.2, 0) is 13.6 Å². The highest BCUT2D eigenvalue weighted by Gasteiger charge is 2.41. The normalized spacial score (nSPS) is 23.6. The molecular weight excluding hydrogens is 374 g/mol. The van der Waals surface area contributed by atoms with Crippen molar-refractivity contribution in [2.75, 3.05) is 18.4 Å². The fourth-order valence-electron chi connectivity index (χ4n) is 5.20. The molecule has 1 saturated carbocycles. The Labute approximate surface area is 177 Å². The number of pyridine rings is 1. The second-order valence-corrected chi connectivity index (χ2v) is 8.90. The smallest absolute Gasteiger partial charge is 0.148 e. The molecule has 0 spiro atoms. The maximum absolute atomic E-state index is 4.57. The molecule has 4 heterocycles. The summed E-state index contributed by atoms with van der Waals surface area (Å²) in [5, 5.41) is 16.8. The van der Waals surface area contributed by atoms with Crippen LogP contribution in [0.2, 0.25) is 0 Å². The van der Waals surface area contributed by atoms with E-state index in [-0.39, 0.29) is 0 Å². The predicted molar refractivity (Wildman–Crippen MR) is 117 cm³/mol. The van der Waals surface area contributed by atoms with Gasteiger partial charge < -0.3 is 5.32 Å². The van der Waals surface area contributed by atoms with Gasteiger partial charge in [-0.3, -0.25) is 14.6 Å². The van der Waals surface area contributed by atoms with Gasteiger partial charge in [-0.05, 0) is 67.9 Å². The molecule has 1 saturated heterocycles. The lowest BCUT2D eigenvalue weighted by Crippen LogP contribution is -2.25. The average molecular weight is 404 g/mol. The van der Waals surface area contributed by atoms with E-state index in [4.69, 9.17) is 0 Å². The fraction of sp³-hybridized carbons (Fsp3) is 0.478. The van der Waals surface area contributed by atoms with Crippen molar-refractivity contribution in [2.24, 2.45) is 18.9 Å². The molecule has 0 aromatic carbocycles. The van der Waals surface area contributed by atoms with Gasteiger partial charge in [0.15, 0.2) is 0 Å². The molecule has 1 N–H and O–H groups in total. The third-order valence-corrected chi connectivity index (χ3v) is 6.70. The highest BCUT2D eigenvalue weighted by atomic mass is 15.3. The second-order valence-electron chi connectivity index (χ2n) is 8.90. The summed E-state index contributed by atoms with van der Waals surface area (Å²) in [6, 6.07) is 8.73. The van der Waals surface area contributed by atoms with Crippen LogP contribution in [0.3, 0.4) is 0 Å². The van der Waals surface area contributed by atoms with Gasteiger partial charge in [0.05, 0.1) is 17.6 Å². The highest BCUT2D eigenvalue weighted by Crippen LogP contribution is 2.39. The van der Waals surface area contributed by atoms with E-state index in [0.29, 0.717) is 6.04 Å². The molecule has 1 aliphatic carbocycles. The van der Waals surface area contributed by atoms with Gasteiger partial charge in [-0.2, -0.15) is 5.10 Å². The highest BCUT2D eigenvalue weighted by molar-refractivity contribution is 5.59.